The molecule has 120 valence electrons. The van der Waals surface area contributed by atoms with Crippen LogP contribution >= 0.6 is 15.9 Å². The molecule has 2 aliphatic rings. The van der Waals surface area contributed by atoms with Gasteiger partial charge in [0.1, 0.15) is 0 Å². The standard InChI is InChI=1S/C23H21Br/c1-15-13-21-22(18-8-4-3-7-17(15)18)19-10-9-16(24)14-20(19)23(21)11-5-2-6-12-23/h3-4,7-10,13-14H,2,5-6,11-12H2,1H3. The van der Waals surface area contributed by atoms with E-state index in [9.17, 15) is 0 Å². The van der Waals surface area contributed by atoms with Gasteiger partial charge in [-0.05, 0) is 70.5 Å². The smallest absolute Gasteiger partial charge is 0.0215 e. The average molecular weight is 377 g/mol. The zero-order valence-electron chi connectivity index (χ0n) is 14.0. The Hall–Kier alpha value is -1.60. The first kappa shape index (κ1) is 14.7. The van der Waals surface area contributed by atoms with Crippen molar-refractivity contribution < 1.29 is 0 Å². The van der Waals surface area contributed by atoms with Crippen LogP contribution < -0.4 is 0 Å². The quantitative estimate of drug-likeness (QED) is 0.391. The Labute approximate surface area is 152 Å². The molecule has 0 saturated heterocycles. The van der Waals surface area contributed by atoms with Gasteiger partial charge in [0.15, 0.2) is 0 Å². The molecule has 0 aromatic heterocycles. The summed E-state index contributed by atoms with van der Waals surface area (Å²) in [7, 11) is 0. The van der Waals surface area contributed by atoms with Crippen molar-refractivity contribution in [3.8, 4) is 11.1 Å². The summed E-state index contributed by atoms with van der Waals surface area (Å²) in [6, 6.07) is 18.4. The van der Waals surface area contributed by atoms with Crippen molar-refractivity contribution in [2.45, 2.75) is 44.4 Å². The van der Waals surface area contributed by atoms with Crippen molar-refractivity contribution in [2.24, 2.45) is 0 Å². The lowest BCUT2D eigenvalue weighted by atomic mass is 9.67. The molecule has 2 aliphatic carbocycles. The van der Waals surface area contributed by atoms with E-state index in [1.807, 2.05) is 0 Å². The predicted molar refractivity (Wildman–Crippen MR) is 106 cm³/mol. The van der Waals surface area contributed by atoms with Gasteiger partial charge in [-0.1, -0.05) is 71.6 Å². The number of hydrogen-bond acceptors (Lipinski definition) is 0. The van der Waals surface area contributed by atoms with E-state index in [0.717, 1.165) is 0 Å². The first-order valence-electron chi connectivity index (χ1n) is 9.04. The van der Waals surface area contributed by atoms with Crippen molar-refractivity contribution in [3.63, 3.8) is 0 Å². The summed E-state index contributed by atoms with van der Waals surface area (Å²) in [5.41, 5.74) is 7.77. The fourth-order valence-electron chi connectivity index (χ4n) is 5.19. The molecule has 1 fully saturated rings. The molecular formula is C23H21Br. The number of fused-ring (bicyclic) bond motifs is 7. The molecule has 1 spiro atoms. The van der Waals surface area contributed by atoms with E-state index >= 15 is 0 Å². The normalized spacial score (nSPS) is 17.9. The molecular weight excluding hydrogens is 356 g/mol. The molecule has 1 heteroatoms. The number of hydrogen-bond donors (Lipinski definition) is 0. The molecule has 24 heavy (non-hydrogen) atoms. The minimum Gasteiger partial charge on any atom is -0.0616 e. The summed E-state index contributed by atoms with van der Waals surface area (Å²) in [6.45, 7) is 2.28. The highest BCUT2D eigenvalue weighted by Gasteiger charge is 2.44. The fourth-order valence-corrected chi connectivity index (χ4v) is 5.55. The monoisotopic (exact) mass is 376 g/mol. The second-order valence-corrected chi connectivity index (χ2v) is 8.41. The van der Waals surface area contributed by atoms with Crippen LogP contribution in [0.4, 0.5) is 0 Å². The van der Waals surface area contributed by atoms with E-state index in [1.165, 1.54) is 64.0 Å². The predicted octanol–water partition coefficient (Wildman–Crippen LogP) is 7.14. The van der Waals surface area contributed by atoms with Crippen molar-refractivity contribution in [1.29, 1.82) is 0 Å². The molecule has 0 bridgehead atoms. The molecule has 0 amide bonds. The fraction of sp³-hybridized carbons (Fsp3) is 0.304. The molecule has 3 aromatic carbocycles. The van der Waals surface area contributed by atoms with E-state index in [-0.39, 0.29) is 5.41 Å². The molecule has 0 nitrogen and oxygen atoms in total. The summed E-state index contributed by atoms with van der Waals surface area (Å²) < 4.78 is 1.21. The van der Waals surface area contributed by atoms with Gasteiger partial charge >= 0.3 is 0 Å². The number of aryl methyl sites for hydroxylation is 1. The minimum atomic E-state index is 0.238. The lowest BCUT2D eigenvalue weighted by Crippen LogP contribution is -2.28. The first-order chi connectivity index (χ1) is 11.7. The van der Waals surface area contributed by atoms with Gasteiger partial charge in [-0.2, -0.15) is 0 Å². The highest BCUT2D eigenvalue weighted by molar-refractivity contribution is 9.10. The van der Waals surface area contributed by atoms with Crippen molar-refractivity contribution >= 4 is 26.7 Å². The van der Waals surface area contributed by atoms with Crippen molar-refractivity contribution in [3.05, 3.63) is 69.7 Å². The summed E-state index contributed by atoms with van der Waals surface area (Å²) in [5.74, 6) is 0. The maximum Gasteiger partial charge on any atom is 0.0215 e. The molecule has 5 rings (SSSR count). The van der Waals surface area contributed by atoms with Crippen LogP contribution in [0.3, 0.4) is 0 Å². The van der Waals surface area contributed by atoms with E-state index < -0.39 is 0 Å². The molecule has 0 radical (unpaired) electrons. The Kier molecular flexibility index (Phi) is 3.19. The van der Waals surface area contributed by atoms with Gasteiger partial charge in [0.05, 0.1) is 0 Å². The van der Waals surface area contributed by atoms with E-state index in [1.54, 1.807) is 11.1 Å². The summed E-state index contributed by atoms with van der Waals surface area (Å²) in [6.07, 6.45) is 6.66. The van der Waals surface area contributed by atoms with Gasteiger partial charge in [-0.15, -0.1) is 0 Å². The van der Waals surface area contributed by atoms with E-state index in [2.05, 4.69) is 71.4 Å². The SMILES string of the molecule is Cc1cc2c(c3ccccc13)-c1ccc(Br)cc1C21CCCCC1. The molecule has 0 aliphatic heterocycles. The molecule has 1 saturated carbocycles. The summed E-state index contributed by atoms with van der Waals surface area (Å²) >= 11 is 3.72. The van der Waals surface area contributed by atoms with Crippen LogP contribution in [0.25, 0.3) is 21.9 Å². The molecule has 0 N–H and O–H groups in total. The van der Waals surface area contributed by atoms with Crippen LogP contribution in [0.5, 0.6) is 0 Å². The van der Waals surface area contributed by atoms with Gasteiger partial charge in [-0.3, -0.25) is 0 Å². The second-order valence-electron chi connectivity index (χ2n) is 7.49. The van der Waals surface area contributed by atoms with Crippen molar-refractivity contribution in [1.82, 2.24) is 0 Å². The Morgan fingerprint density at radius 3 is 2.38 bits per heavy atom. The van der Waals surface area contributed by atoms with Crippen LogP contribution in [0.15, 0.2) is 53.0 Å². The third kappa shape index (κ3) is 1.85. The lowest BCUT2D eigenvalue weighted by molar-refractivity contribution is 0.353. The largest absolute Gasteiger partial charge is 0.0616 e. The van der Waals surface area contributed by atoms with Gasteiger partial charge in [0.25, 0.3) is 0 Å². The molecule has 3 aromatic rings. The van der Waals surface area contributed by atoms with Gasteiger partial charge in [0.2, 0.25) is 0 Å². The van der Waals surface area contributed by atoms with Crippen LogP contribution in [-0.2, 0) is 5.41 Å². The first-order valence-corrected chi connectivity index (χ1v) is 9.83. The second kappa shape index (κ2) is 5.20. The van der Waals surface area contributed by atoms with Gasteiger partial charge < -0.3 is 0 Å². The van der Waals surface area contributed by atoms with Crippen LogP contribution in [0.2, 0.25) is 0 Å². The highest BCUT2D eigenvalue weighted by atomic mass is 79.9. The minimum absolute atomic E-state index is 0.238. The number of rotatable bonds is 0. The van der Waals surface area contributed by atoms with Crippen molar-refractivity contribution in [2.75, 3.05) is 0 Å². The van der Waals surface area contributed by atoms with Crippen LogP contribution in [0.1, 0.15) is 48.8 Å². The lowest BCUT2D eigenvalue weighted by Gasteiger charge is -2.36. The molecule has 0 atom stereocenters. The number of benzene rings is 3. The zero-order valence-corrected chi connectivity index (χ0v) is 15.6. The Balaban J connectivity index is 1.94. The number of halogens is 1. The topological polar surface area (TPSA) is 0 Å². The Morgan fingerprint density at radius 1 is 0.833 bits per heavy atom. The van der Waals surface area contributed by atoms with Crippen LogP contribution in [0, 0.1) is 6.92 Å². The summed E-state index contributed by atoms with van der Waals surface area (Å²) in [5, 5.41) is 2.83. The average Bonchev–Trinajstić information content (AvgIpc) is 2.86. The summed E-state index contributed by atoms with van der Waals surface area (Å²) in [4.78, 5) is 0. The zero-order chi connectivity index (χ0) is 16.3. The maximum atomic E-state index is 3.72. The molecule has 0 unspecified atom stereocenters. The molecule has 0 heterocycles. The maximum absolute atomic E-state index is 3.72. The third-order valence-electron chi connectivity index (χ3n) is 6.24. The van der Waals surface area contributed by atoms with Gasteiger partial charge in [-0.25, -0.2) is 0 Å². The van der Waals surface area contributed by atoms with Crippen LogP contribution in [-0.4, -0.2) is 0 Å². The Bertz CT molecular complexity index is 961. The third-order valence-corrected chi connectivity index (χ3v) is 6.73. The highest BCUT2D eigenvalue weighted by Crippen LogP contribution is 2.58. The van der Waals surface area contributed by atoms with E-state index in [0.29, 0.717) is 0 Å². The Morgan fingerprint density at radius 2 is 1.58 bits per heavy atom. The van der Waals surface area contributed by atoms with Gasteiger partial charge in [0, 0.05) is 9.89 Å². The van der Waals surface area contributed by atoms with E-state index in [4.69, 9.17) is 0 Å².